The standard InChI is InChI=1S/C15H25NO4/c1-14(2,3)13(19)20-12-6-9-15(16-12,7-4-10-17)8-5-11-18/h10-12,16H,4-9H2,1-3H3/t12-/m1/s1. The molecule has 5 nitrogen and oxygen atoms in total. The van der Waals surface area contributed by atoms with E-state index in [1.807, 2.05) is 20.8 Å². The fourth-order valence-electron chi connectivity index (χ4n) is 2.48. The molecule has 1 atom stereocenters. The van der Waals surface area contributed by atoms with E-state index in [-0.39, 0.29) is 17.7 Å². The number of aldehydes is 2. The molecule has 1 fully saturated rings. The fourth-order valence-corrected chi connectivity index (χ4v) is 2.48. The largest absolute Gasteiger partial charge is 0.446 e. The molecule has 1 saturated heterocycles. The summed E-state index contributed by atoms with van der Waals surface area (Å²) in [6, 6.07) is 0. The highest BCUT2D eigenvalue weighted by Crippen LogP contribution is 2.33. The molecule has 0 unspecified atom stereocenters. The van der Waals surface area contributed by atoms with Gasteiger partial charge in [-0.2, -0.15) is 0 Å². The van der Waals surface area contributed by atoms with Crippen LogP contribution < -0.4 is 5.32 Å². The highest BCUT2D eigenvalue weighted by atomic mass is 16.6. The van der Waals surface area contributed by atoms with E-state index in [4.69, 9.17) is 4.74 Å². The molecule has 0 amide bonds. The number of esters is 1. The van der Waals surface area contributed by atoms with Crippen molar-refractivity contribution in [3.63, 3.8) is 0 Å². The summed E-state index contributed by atoms with van der Waals surface area (Å²) in [6.45, 7) is 5.45. The minimum Gasteiger partial charge on any atom is -0.446 e. The Labute approximate surface area is 120 Å². The van der Waals surface area contributed by atoms with Crippen LogP contribution in [0, 0.1) is 5.41 Å². The van der Waals surface area contributed by atoms with Gasteiger partial charge in [0.05, 0.1) is 5.41 Å². The van der Waals surface area contributed by atoms with Crippen molar-refractivity contribution in [3.8, 4) is 0 Å². The van der Waals surface area contributed by atoms with Crippen molar-refractivity contribution in [2.24, 2.45) is 5.41 Å². The van der Waals surface area contributed by atoms with Crippen molar-refractivity contribution in [2.75, 3.05) is 0 Å². The van der Waals surface area contributed by atoms with Crippen molar-refractivity contribution >= 4 is 18.5 Å². The molecule has 0 aromatic rings. The summed E-state index contributed by atoms with van der Waals surface area (Å²) in [7, 11) is 0. The second kappa shape index (κ2) is 6.97. The van der Waals surface area contributed by atoms with Gasteiger partial charge in [0, 0.05) is 18.4 Å². The highest BCUT2D eigenvalue weighted by Gasteiger charge is 2.40. The Morgan fingerprint density at radius 1 is 1.25 bits per heavy atom. The average Bonchev–Trinajstić information content (AvgIpc) is 2.77. The SMILES string of the molecule is CC(C)(C)C(=O)O[C@@H]1CCC(CCC=O)(CCC=O)N1. The first kappa shape index (κ1) is 16.8. The third kappa shape index (κ3) is 4.71. The van der Waals surface area contributed by atoms with E-state index in [1.165, 1.54) is 0 Å². The zero-order chi connectivity index (χ0) is 15.2. The molecular formula is C15H25NO4. The van der Waals surface area contributed by atoms with Gasteiger partial charge < -0.3 is 14.3 Å². The summed E-state index contributed by atoms with van der Waals surface area (Å²) in [5, 5.41) is 3.32. The minimum atomic E-state index is -0.529. The van der Waals surface area contributed by atoms with Crippen LogP contribution >= 0.6 is 0 Å². The Morgan fingerprint density at radius 2 is 1.80 bits per heavy atom. The second-order valence-corrected chi connectivity index (χ2v) is 6.52. The number of hydrogen-bond donors (Lipinski definition) is 1. The predicted molar refractivity (Wildman–Crippen MR) is 75.0 cm³/mol. The zero-order valence-corrected chi connectivity index (χ0v) is 12.6. The van der Waals surface area contributed by atoms with E-state index < -0.39 is 5.41 Å². The van der Waals surface area contributed by atoms with Crippen LogP contribution in [0.15, 0.2) is 0 Å². The Bertz CT molecular complexity index is 347. The lowest BCUT2D eigenvalue weighted by Gasteiger charge is -2.30. The maximum absolute atomic E-state index is 11.9. The Balaban J connectivity index is 2.61. The van der Waals surface area contributed by atoms with E-state index in [0.29, 0.717) is 25.7 Å². The summed E-state index contributed by atoms with van der Waals surface area (Å²) in [6.07, 6.45) is 5.24. The molecule has 0 saturated carbocycles. The predicted octanol–water partition coefficient (Wildman–Crippen LogP) is 1.98. The average molecular weight is 283 g/mol. The number of carbonyl (C=O) groups excluding carboxylic acids is 3. The minimum absolute atomic E-state index is 0.239. The van der Waals surface area contributed by atoms with Crippen LogP contribution in [0.2, 0.25) is 0 Å². The molecule has 0 aromatic heterocycles. The molecule has 0 radical (unpaired) electrons. The van der Waals surface area contributed by atoms with Crippen LogP contribution in [0.4, 0.5) is 0 Å². The van der Waals surface area contributed by atoms with Crippen LogP contribution in [-0.4, -0.2) is 30.3 Å². The molecule has 1 N–H and O–H groups in total. The van der Waals surface area contributed by atoms with E-state index >= 15 is 0 Å². The van der Waals surface area contributed by atoms with Crippen molar-refractivity contribution in [3.05, 3.63) is 0 Å². The van der Waals surface area contributed by atoms with E-state index in [2.05, 4.69) is 5.32 Å². The van der Waals surface area contributed by atoms with Crippen molar-refractivity contribution in [1.82, 2.24) is 5.32 Å². The lowest BCUT2D eigenvalue weighted by Crippen LogP contribution is -2.45. The van der Waals surface area contributed by atoms with Crippen LogP contribution in [-0.2, 0) is 19.1 Å². The number of hydrogen-bond acceptors (Lipinski definition) is 5. The molecule has 114 valence electrons. The molecule has 0 bridgehead atoms. The van der Waals surface area contributed by atoms with Gasteiger partial charge in [-0.1, -0.05) is 0 Å². The lowest BCUT2D eigenvalue weighted by molar-refractivity contribution is -0.159. The zero-order valence-electron chi connectivity index (χ0n) is 12.6. The maximum Gasteiger partial charge on any atom is 0.312 e. The van der Waals surface area contributed by atoms with Gasteiger partial charge in [-0.25, -0.2) is 0 Å². The lowest BCUT2D eigenvalue weighted by atomic mass is 9.87. The number of nitrogens with one attached hydrogen (secondary N) is 1. The highest BCUT2D eigenvalue weighted by molar-refractivity contribution is 5.75. The molecule has 20 heavy (non-hydrogen) atoms. The third-order valence-corrected chi connectivity index (χ3v) is 3.70. The number of ether oxygens (including phenoxy) is 1. The van der Waals surface area contributed by atoms with Gasteiger partial charge in [0.25, 0.3) is 0 Å². The van der Waals surface area contributed by atoms with Gasteiger partial charge in [-0.3, -0.25) is 10.1 Å². The van der Waals surface area contributed by atoms with Crippen molar-refractivity contribution < 1.29 is 19.1 Å². The molecule has 0 aromatic carbocycles. The molecule has 1 rings (SSSR count). The molecule has 0 aliphatic carbocycles. The summed E-state index contributed by atoms with van der Waals surface area (Å²) >= 11 is 0. The molecule has 1 heterocycles. The van der Waals surface area contributed by atoms with E-state index in [1.54, 1.807) is 0 Å². The first-order valence-corrected chi connectivity index (χ1v) is 7.19. The summed E-state index contributed by atoms with van der Waals surface area (Å²) in [5.41, 5.74) is -0.789. The molecular weight excluding hydrogens is 258 g/mol. The van der Waals surface area contributed by atoms with Crippen LogP contribution in [0.3, 0.4) is 0 Å². The Kier molecular flexibility index (Phi) is 5.87. The second-order valence-electron chi connectivity index (χ2n) is 6.52. The molecule has 0 spiro atoms. The summed E-state index contributed by atoms with van der Waals surface area (Å²) in [5.74, 6) is -0.239. The topological polar surface area (TPSA) is 72.5 Å². The smallest absolute Gasteiger partial charge is 0.312 e. The van der Waals surface area contributed by atoms with Crippen LogP contribution in [0.1, 0.15) is 59.3 Å². The van der Waals surface area contributed by atoms with Crippen molar-refractivity contribution in [2.45, 2.75) is 71.1 Å². The van der Waals surface area contributed by atoms with Gasteiger partial charge in [-0.05, 0) is 46.5 Å². The summed E-state index contributed by atoms with van der Waals surface area (Å²) in [4.78, 5) is 33.1. The normalized spacial score (nSPS) is 21.4. The van der Waals surface area contributed by atoms with Gasteiger partial charge in [-0.15, -0.1) is 0 Å². The monoisotopic (exact) mass is 283 g/mol. The molecule has 1 aliphatic heterocycles. The molecule has 1 aliphatic rings. The third-order valence-electron chi connectivity index (χ3n) is 3.70. The quantitative estimate of drug-likeness (QED) is 0.571. The van der Waals surface area contributed by atoms with Gasteiger partial charge >= 0.3 is 5.97 Å². The molecule has 5 heteroatoms. The Morgan fingerprint density at radius 3 is 2.25 bits per heavy atom. The Hall–Kier alpha value is -1.23. The van der Waals surface area contributed by atoms with Gasteiger partial charge in [0.1, 0.15) is 12.6 Å². The van der Waals surface area contributed by atoms with E-state index in [0.717, 1.165) is 25.4 Å². The first-order valence-electron chi connectivity index (χ1n) is 7.19. The van der Waals surface area contributed by atoms with Gasteiger partial charge in [0.15, 0.2) is 6.23 Å². The number of carbonyl (C=O) groups is 3. The van der Waals surface area contributed by atoms with Gasteiger partial charge in [0.2, 0.25) is 0 Å². The number of rotatable bonds is 7. The van der Waals surface area contributed by atoms with Crippen molar-refractivity contribution in [1.29, 1.82) is 0 Å². The summed E-state index contributed by atoms with van der Waals surface area (Å²) < 4.78 is 5.46. The maximum atomic E-state index is 11.9. The van der Waals surface area contributed by atoms with Crippen LogP contribution in [0.5, 0.6) is 0 Å². The first-order chi connectivity index (χ1) is 9.33. The van der Waals surface area contributed by atoms with E-state index in [9.17, 15) is 14.4 Å². The van der Waals surface area contributed by atoms with Crippen LogP contribution in [0.25, 0.3) is 0 Å². The fraction of sp³-hybridized carbons (Fsp3) is 0.800.